The fraction of sp³-hybridized carbons (Fsp3) is 0.400. The van der Waals surface area contributed by atoms with E-state index in [0.29, 0.717) is 42.6 Å². The zero-order valence-corrected chi connectivity index (χ0v) is 15.2. The Morgan fingerprint density at radius 3 is 2.30 bits per heavy atom. The molecule has 1 fully saturated rings. The third-order valence-corrected chi connectivity index (χ3v) is 4.71. The molecule has 2 aromatic rings. The Morgan fingerprint density at radius 2 is 1.70 bits per heavy atom. The summed E-state index contributed by atoms with van der Waals surface area (Å²) in [5.41, 5.74) is 0.475. The molecule has 1 N–H and O–H groups in total. The van der Waals surface area contributed by atoms with E-state index in [-0.39, 0.29) is 23.8 Å². The summed E-state index contributed by atoms with van der Waals surface area (Å²) in [4.78, 5) is 23.9. The van der Waals surface area contributed by atoms with Crippen LogP contribution in [0.3, 0.4) is 0 Å². The van der Waals surface area contributed by atoms with Crippen molar-refractivity contribution >= 4 is 5.91 Å². The quantitative estimate of drug-likeness (QED) is 0.883. The average molecular weight is 377 g/mol. The van der Waals surface area contributed by atoms with E-state index in [1.54, 1.807) is 13.8 Å². The van der Waals surface area contributed by atoms with Gasteiger partial charge in [-0.05, 0) is 45.1 Å². The van der Waals surface area contributed by atoms with Crippen molar-refractivity contribution in [2.75, 3.05) is 0 Å². The Labute approximate surface area is 155 Å². The summed E-state index contributed by atoms with van der Waals surface area (Å²) in [5.74, 6) is -1.16. The standard InChI is InChI=1S/C20H21F2NO4/c1-11-7-18(24)26-12(2)19(11)20(25)23-15-3-5-16(6-4-15)27-17-9-13(21)8-14(22)10-17/h7-10,15-16H,3-6H2,1-2H3,(H,23,25). The highest BCUT2D eigenvalue weighted by Crippen LogP contribution is 2.25. The van der Waals surface area contributed by atoms with Crippen LogP contribution in [0, 0.1) is 25.5 Å². The first-order valence-electron chi connectivity index (χ1n) is 8.87. The van der Waals surface area contributed by atoms with Crippen LogP contribution < -0.4 is 15.7 Å². The average Bonchev–Trinajstić information content (AvgIpc) is 2.54. The van der Waals surface area contributed by atoms with Crippen molar-refractivity contribution in [3.8, 4) is 5.75 Å². The molecule has 0 saturated heterocycles. The summed E-state index contributed by atoms with van der Waals surface area (Å²) >= 11 is 0. The topological polar surface area (TPSA) is 68.5 Å². The van der Waals surface area contributed by atoms with Gasteiger partial charge in [0.05, 0.1) is 11.7 Å². The first-order chi connectivity index (χ1) is 12.8. The Bertz CT molecular complexity index is 855. The van der Waals surface area contributed by atoms with Crippen LogP contribution >= 0.6 is 0 Å². The van der Waals surface area contributed by atoms with Crippen LogP contribution in [0.2, 0.25) is 0 Å². The minimum atomic E-state index is -0.675. The number of nitrogens with one attached hydrogen (secondary N) is 1. The van der Waals surface area contributed by atoms with Gasteiger partial charge in [-0.3, -0.25) is 4.79 Å². The number of halogens is 2. The van der Waals surface area contributed by atoms with Crippen LogP contribution in [0.5, 0.6) is 5.75 Å². The van der Waals surface area contributed by atoms with Gasteiger partial charge in [0.25, 0.3) is 5.91 Å². The first kappa shape index (κ1) is 19.1. The largest absolute Gasteiger partial charge is 0.490 e. The number of rotatable bonds is 4. The van der Waals surface area contributed by atoms with Crippen LogP contribution in [0.15, 0.2) is 33.5 Å². The van der Waals surface area contributed by atoms with E-state index in [0.717, 1.165) is 18.2 Å². The molecule has 0 aliphatic heterocycles. The van der Waals surface area contributed by atoms with Crippen LogP contribution in [-0.4, -0.2) is 18.1 Å². The van der Waals surface area contributed by atoms with Gasteiger partial charge in [-0.25, -0.2) is 13.6 Å². The van der Waals surface area contributed by atoms with Crippen LogP contribution in [0.1, 0.15) is 47.4 Å². The molecule has 0 bridgehead atoms. The maximum atomic E-state index is 13.2. The van der Waals surface area contributed by atoms with E-state index in [2.05, 4.69) is 5.32 Å². The molecule has 0 spiro atoms. The maximum absolute atomic E-state index is 13.2. The second-order valence-electron chi connectivity index (χ2n) is 6.85. The molecule has 1 aromatic carbocycles. The zero-order chi connectivity index (χ0) is 19.6. The highest BCUT2D eigenvalue weighted by molar-refractivity contribution is 5.96. The second kappa shape index (κ2) is 7.90. The minimum Gasteiger partial charge on any atom is -0.490 e. The molecule has 1 amide bonds. The van der Waals surface area contributed by atoms with Gasteiger partial charge in [0.2, 0.25) is 0 Å². The molecule has 1 saturated carbocycles. The lowest BCUT2D eigenvalue weighted by Crippen LogP contribution is -2.40. The monoisotopic (exact) mass is 377 g/mol. The molecule has 1 aromatic heterocycles. The Hall–Kier alpha value is -2.70. The molecule has 0 unspecified atom stereocenters. The lowest BCUT2D eigenvalue weighted by Gasteiger charge is -2.29. The lowest BCUT2D eigenvalue weighted by atomic mass is 9.92. The van der Waals surface area contributed by atoms with Crippen LogP contribution in [0.4, 0.5) is 8.78 Å². The fourth-order valence-corrected chi connectivity index (χ4v) is 3.47. The number of amides is 1. The number of aryl methyl sites for hydroxylation is 2. The summed E-state index contributed by atoms with van der Waals surface area (Å²) in [6.07, 6.45) is 2.53. The van der Waals surface area contributed by atoms with Gasteiger partial charge in [-0.15, -0.1) is 0 Å². The van der Waals surface area contributed by atoms with Gasteiger partial charge in [-0.2, -0.15) is 0 Å². The number of hydrogen-bond acceptors (Lipinski definition) is 4. The molecule has 0 radical (unpaired) electrons. The van der Waals surface area contributed by atoms with Crippen molar-refractivity contribution in [2.24, 2.45) is 0 Å². The Kier molecular flexibility index (Phi) is 5.58. The molecule has 1 aliphatic rings. The molecule has 3 rings (SSSR count). The summed E-state index contributed by atoms with van der Waals surface area (Å²) in [7, 11) is 0. The summed E-state index contributed by atoms with van der Waals surface area (Å²) < 4.78 is 37.2. The van der Waals surface area contributed by atoms with Gasteiger partial charge in [0, 0.05) is 30.3 Å². The van der Waals surface area contributed by atoms with E-state index in [1.807, 2.05) is 0 Å². The number of hydrogen-bond donors (Lipinski definition) is 1. The SMILES string of the molecule is Cc1cc(=O)oc(C)c1C(=O)NC1CCC(Oc2cc(F)cc(F)c2)CC1. The van der Waals surface area contributed by atoms with Crippen molar-refractivity contribution < 1.29 is 22.7 Å². The molecule has 27 heavy (non-hydrogen) atoms. The number of carbonyl (C=O) groups is 1. The molecular weight excluding hydrogens is 356 g/mol. The van der Waals surface area contributed by atoms with Gasteiger partial charge in [-0.1, -0.05) is 0 Å². The van der Waals surface area contributed by atoms with E-state index in [9.17, 15) is 18.4 Å². The second-order valence-corrected chi connectivity index (χ2v) is 6.85. The fourth-order valence-electron chi connectivity index (χ4n) is 3.47. The molecule has 7 heteroatoms. The Morgan fingerprint density at radius 1 is 1.07 bits per heavy atom. The molecular formula is C20H21F2NO4. The number of benzene rings is 1. The summed E-state index contributed by atoms with van der Waals surface area (Å²) in [6, 6.07) is 4.38. The molecule has 144 valence electrons. The number of carbonyl (C=O) groups excluding carboxylic acids is 1. The van der Waals surface area contributed by atoms with Crippen molar-refractivity contribution in [3.05, 3.63) is 63.2 Å². The smallest absolute Gasteiger partial charge is 0.336 e. The third kappa shape index (κ3) is 4.72. The van der Waals surface area contributed by atoms with E-state index >= 15 is 0 Å². The third-order valence-electron chi connectivity index (χ3n) is 4.71. The van der Waals surface area contributed by atoms with Gasteiger partial charge in [0.15, 0.2) is 0 Å². The first-order valence-corrected chi connectivity index (χ1v) is 8.87. The van der Waals surface area contributed by atoms with Crippen molar-refractivity contribution in [1.29, 1.82) is 0 Å². The van der Waals surface area contributed by atoms with Gasteiger partial charge < -0.3 is 14.5 Å². The minimum absolute atomic E-state index is 0.0349. The number of ether oxygens (including phenoxy) is 1. The van der Waals surface area contributed by atoms with Crippen molar-refractivity contribution in [3.63, 3.8) is 0 Å². The van der Waals surface area contributed by atoms with Crippen molar-refractivity contribution in [2.45, 2.75) is 51.7 Å². The normalized spacial score (nSPS) is 19.6. The summed E-state index contributed by atoms with van der Waals surface area (Å²) in [6.45, 7) is 3.29. The molecule has 0 atom stereocenters. The highest BCUT2D eigenvalue weighted by Gasteiger charge is 2.25. The molecule has 5 nitrogen and oxygen atoms in total. The zero-order valence-electron chi connectivity index (χ0n) is 15.2. The van der Waals surface area contributed by atoms with E-state index in [4.69, 9.17) is 9.15 Å². The predicted molar refractivity (Wildman–Crippen MR) is 94.9 cm³/mol. The predicted octanol–water partition coefficient (Wildman–Crippen LogP) is 3.65. The van der Waals surface area contributed by atoms with Crippen molar-refractivity contribution in [1.82, 2.24) is 5.32 Å². The van der Waals surface area contributed by atoms with E-state index in [1.165, 1.54) is 6.07 Å². The molecule has 1 heterocycles. The lowest BCUT2D eigenvalue weighted by molar-refractivity contribution is 0.0889. The highest BCUT2D eigenvalue weighted by atomic mass is 19.1. The maximum Gasteiger partial charge on any atom is 0.336 e. The van der Waals surface area contributed by atoms with E-state index < -0.39 is 17.3 Å². The van der Waals surface area contributed by atoms with Gasteiger partial charge in [0.1, 0.15) is 23.1 Å². The van der Waals surface area contributed by atoms with Gasteiger partial charge >= 0.3 is 5.63 Å². The summed E-state index contributed by atoms with van der Waals surface area (Å²) in [5, 5.41) is 2.96. The Balaban J connectivity index is 1.56. The van der Waals surface area contributed by atoms with Crippen LogP contribution in [-0.2, 0) is 0 Å². The van der Waals surface area contributed by atoms with Crippen LogP contribution in [0.25, 0.3) is 0 Å². The molecule has 1 aliphatic carbocycles.